The van der Waals surface area contributed by atoms with Crippen molar-refractivity contribution in [3.05, 3.63) is 29.0 Å². The van der Waals surface area contributed by atoms with E-state index in [-0.39, 0.29) is 6.09 Å². The molecule has 0 unspecified atom stereocenters. The van der Waals surface area contributed by atoms with E-state index in [0.29, 0.717) is 23.8 Å². The van der Waals surface area contributed by atoms with Crippen LogP contribution in [0, 0.1) is 5.82 Å². The standard InChI is InChI=1S/C17H26ClFN2O2/c1-16(2,3)21(15(22)23-17(4,5)6)10-9-20-14-8-7-12(18)11-13(14)19/h7-8,11,20H,9-10H2,1-6H3. The van der Waals surface area contributed by atoms with Gasteiger partial charge in [0.05, 0.1) is 5.69 Å². The molecule has 4 nitrogen and oxygen atoms in total. The lowest BCUT2D eigenvalue weighted by atomic mass is 10.1. The van der Waals surface area contributed by atoms with Gasteiger partial charge in [-0.3, -0.25) is 0 Å². The molecule has 1 N–H and O–H groups in total. The topological polar surface area (TPSA) is 41.6 Å². The van der Waals surface area contributed by atoms with E-state index in [1.54, 1.807) is 17.0 Å². The molecule has 0 heterocycles. The molecule has 1 rings (SSSR count). The fourth-order valence-electron chi connectivity index (χ4n) is 1.95. The van der Waals surface area contributed by atoms with Gasteiger partial charge in [-0.2, -0.15) is 0 Å². The molecule has 0 aliphatic carbocycles. The van der Waals surface area contributed by atoms with Gasteiger partial charge in [0.25, 0.3) is 0 Å². The first-order chi connectivity index (χ1) is 10.4. The maximum absolute atomic E-state index is 13.7. The van der Waals surface area contributed by atoms with Crippen molar-refractivity contribution in [2.45, 2.75) is 52.7 Å². The number of ether oxygens (including phenoxy) is 1. The van der Waals surface area contributed by atoms with Crippen LogP contribution in [0.2, 0.25) is 5.02 Å². The van der Waals surface area contributed by atoms with Gasteiger partial charge in [0, 0.05) is 23.7 Å². The van der Waals surface area contributed by atoms with Gasteiger partial charge in [0.2, 0.25) is 0 Å². The minimum Gasteiger partial charge on any atom is -0.444 e. The fourth-order valence-corrected chi connectivity index (χ4v) is 2.11. The highest BCUT2D eigenvalue weighted by atomic mass is 35.5. The van der Waals surface area contributed by atoms with Crippen LogP contribution in [-0.4, -0.2) is 35.2 Å². The lowest BCUT2D eigenvalue weighted by molar-refractivity contribution is 0.00749. The summed E-state index contributed by atoms with van der Waals surface area (Å²) in [5.41, 5.74) is -0.605. The summed E-state index contributed by atoms with van der Waals surface area (Å²) in [4.78, 5) is 14.0. The van der Waals surface area contributed by atoms with Gasteiger partial charge in [-0.05, 0) is 59.7 Å². The van der Waals surface area contributed by atoms with Gasteiger partial charge in [0.1, 0.15) is 11.4 Å². The summed E-state index contributed by atoms with van der Waals surface area (Å²) >= 11 is 5.73. The number of anilines is 1. The monoisotopic (exact) mass is 344 g/mol. The van der Waals surface area contributed by atoms with Crippen LogP contribution in [0.4, 0.5) is 14.9 Å². The molecule has 0 aromatic heterocycles. The van der Waals surface area contributed by atoms with Crippen LogP contribution in [0.1, 0.15) is 41.5 Å². The number of hydrogen-bond acceptors (Lipinski definition) is 3. The van der Waals surface area contributed by atoms with E-state index >= 15 is 0 Å². The molecule has 1 aromatic rings. The third-order valence-corrected chi connectivity index (χ3v) is 3.24. The van der Waals surface area contributed by atoms with E-state index in [2.05, 4.69) is 5.32 Å². The number of benzene rings is 1. The summed E-state index contributed by atoms with van der Waals surface area (Å²) in [6.07, 6.45) is -0.386. The minimum atomic E-state index is -0.559. The molecule has 0 bridgehead atoms. The number of rotatable bonds is 4. The smallest absolute Gasteiger partial charge is 0.410 e. The van der Waals surface area contributed by atoms with Gasteiger partial charge >= 0.3 is 6.09 Å². The Hall–Kier alpha value is -1.49. The number of nitrogens with zero attached hydrogens (tertiary/aromatic N) is 1. The zero-order chi connectivity index (χ0) is 17.8. The Morgan fingerprint density at radius 2 is 1.87 bits per heavy atom. The Morgan fingerprint density at radius 3 is 2.35 bits per heavy atom. The number of hydrogen-bond donors (Lipinski definition) is 1. The molecule has 0 fully saturated rings. The number of carbonyl (C=O) groups excluding carboxylic acids is 1. The number of halogens is 2. The van der Waals surface area contributed by atoms with E-state index in [1.165, 1.54) is 6.07 Å². The Bertz CT molecular complexity index is 551. The third-order valence-electron chi connectivity index (χ3n) is 3.01. The van der Waals surface area contributed by atoms with Crippen LogP contribution in [0.15, 0.2) is 18.2 Å². The molecule has 0 aliphatic rings. The first kappa shape index (κ1) is 19.6. The summed E-state index contributed by atoms with van der Waals surface area (Å²) in [5.74, 6) is -0.419. The Morgan fingerprint density at radius 1 is 1.26 bits per heavy atom. The summed E-state index contributed by atoms with van der Waals surface area (Å²) in [7, 11) is 0. The van der Waals surface area contributed by atoms with Crippen LogP contribution < -0.4 is 5.32 Å². The van der Waals surface area contributed by atoms with Crippen LogP contribution in [0.5, 0.6) is 0 Å². The zero-order valence-corrected chi connectivity index (χ0v) is 15.4. The molecular formula is C17H26ClFN2O2. The van der Waals surface area contributed by atoms with E-state index in [9.17, 15) is 9.18 Å². The molecule has 0 atom stereocenters. The highest BCUT2D eigenvalue weighted by Crippen LogP contribution is 2.20. The van der Waals surface area contributed by atoms with Crippen molar-refractivity contribution in [3.63, 3.8) is 0 Å². The van der Waals surface area contributed by atoms with Crippen molar-refractivity contribution in [2.75, 3.05) is 18.4 Å². The summed E-state index contributed by atoms with van der Waals surface area (Å²) in [6.45, 7) is 12.1. The maximum atomic E-state index is 13.7. The number of nitrogens with one attached hydrogen (secondary N) is 1. The highest BCUT2D eigenvalue weighted by molar-refractivity contribution is 6.30. The van der Waals surface area contributed by atoms with Gasteiger partial charge in [0.15, 0.2) is 0 Å². The molecular weight excluding hydrogens is 319 g/mol. The van der Waals surface area contributed by atoms with Gasteiger partial charge < -0.3 is 15.0 Å². The van der Waals surface area contributed by atoms with Crippen molar-refractivity contribution in [2.24, 2.45) is 0 Å². The first-order valence-electron chi connectivity index (χ1n) is 7.60. The average molecular weight is 345 g/mol. The second-order valence-electron chi connectivity index (χ2n) is 7.35. The first-order valence-corrected chi connectivity index (χ1v) is 7.97. The number of amides is 1. The molecule has 1 aromatic carbocycles. The normalized spacial score (nSPS) is 12.0. The quantitative estimate of drug-likeness (QED) is 0.842. The van der Waals surface area contributed by atoms with Crippen molar-refractivity contribution >= 4 is 23.4 Å². The molecule has 0 aliphatic heterocycles. The molecule has 0 spiro atoms. The van der Waals surface area contributed by atoms with E-state index in [4.69, 9.17) is 16.3 Å². The predicted octanol–water partition coefficient (Wildman–Crippen LogP) is 4.93. The van der Waals surface area contributed by atoms with Gasteiger partial charge in [-0.25, -0.2) is 9.18 Å². The molecule has 23 heavy (non-hydrogen) atoms. The summed E-state index contributed by atoms with van der Waals surface area (Å²) in [6, 6.07) is 4.44. The molecule has 0 saturated carbocycles. The highest BCUT2D eigenvalue weighted by Gasteiger charge is 2.30. The van der Waals surface area contributed by atoms with Crippen molar-refractivity contribution in [3.8, 4) is 0 Å². The van der Waals surface area contributed by atoms with E-state index in [0.717, 1.165) is 0 Å². The molecule has 130 valence electrons. The predicted molar refractivity (Wildman–Crippen MR) is 92.6 cm³/mol. The van der Waals surface area contributed by atoms with Crippen LogP contribution >= 0.6 is 11.6 Å². The Kier molecular flexibility index (Phi) is 6.28. The third kappa shape index (κ3) is 6.65. The van der Waals surface area contributed by atoms with E-state index < -0.39 is 17.0 Å². The van der Waals surface area contributed by atoms with Crippen molar-refractivity contribution in [1.82, 2.24) is 4.90 Å². The fraction of sp³-hybridized carbons (Fsp3) is 0.588. The van der Waals surface area contributed by atoms with Crippen molar-refractivity contribution in [1.29, 1.82) is 0 Å². The summed E-state index contributed by atoms with van der Waals surface area (Å²) in [5, 5.41) is 3.32. The Labute approximate surface area is 142 Å². The second kappa shape index (κ2) is 7.39. The van der Waals surface area contributed by atoms with Crippen LogP contribution in [0.3, 0.4) is 0 Å². The molecule has 0 saturated heterocycles. The molecule has 0 radical (unpaired) electrons. The second-order valence-corrected chi connectivity index (χ2v) is 7.79. The van der Waals surface area contributed by atoms with E-state index in [1.807, 2.05) is 41.5 Å². The Balaban J connectivity index is 2.70. The van der Waals surface area contributed by atoms with Gasteiger partial charge in [-0.1, -0.05) is 11.6 Å². The van der Waals surface area contributed by atoms with Crippen molar-refractivity contribution < 1.29 is 13.9 Å². The van der Waals surface area contributed by atoms with Gasteiger partial charge in [-0.15, -0.1) is 0 Å². The number of carbonyl (C=O) groups is 1. The average Bonchev–Trinajstić information content (AvgIpc) is 2.32. The van der Waals surface area contributed by atoms with Crippen LogP contribution in [0.25, 0.3) is 0 Å². The largest absolute Gasteiger partial charge is 0.444 e. The minimum absolute atomic E-state index is 0.345. The molecule has 6 heteroatoms. The lowest BCUT2D eigenvalue weighted by Gasteiger charge is -2.37. The van der Waals surface area contributed by atoms with Crippen LogP contribution in [-0.2, 0) is 4.74 Å². The zero-order valence-electron chi connectivity index (χ0n) is 14.7. The molecule has 1 amide bonds. The SMILES string of the molecule is CC(C)(C)OC(=O)N(CCNc1ccc(Cl)cc1F)C(C)(C)C. The maximum Gasteiger partial charge on any atom is 0.410 e. The summed E-state index contributed by atoms with van der Waals surface area (Å²) < 4.78 is 19.2. The lowest BCUT2D eigenvalue weighted by Crippen LogP contribution is -2.49.